The molecule has 0 bridgehead atoms. The predicted molar refractivity (Wildman–Crippen MR) is 162 cm³/mol. The molecular formula is C31H37ClFN3O4S. The van der Waals surface area contributed by atoms with Crippen molar-refractivity contribution in [2.45, 2.75) is 45.7 Å². The van der Waals surface area contributed by atoms with Gasteiger partial charge in [0.05, 0.1) is 11.9 Å². The second-order valence-corrected chi connectivity index (χ2v) is 12.7. The molecule has 0 saturated carbocycles. The Balaban J connectivity index is 1.89. The Kier molecular flexibility index (Phi) is 11.7. The zero-order chi connectivity index (χ0) is 30.0. The number of carbonyl (C=O) groups excluding carboxylic acids is 2. The van der Waals surface area contributed by atoms with Gasteiger partial charge in [0.1, 0.15) is 11.9 Å². The number of benzene rings is 3. The fraction of sp³-hybridized carbons (Fsp3) is 0.355. The van der Waals surface area contributed by atoms with E-state index < -0.39 is 21.9 Å². The second-order valence-electron chi connectivity index (χ2n) is 10.4. The number of halogens is 2. The van der Waals surface area contributed by atoms with Crippen molar-refractivity contribution in [1.29, 1.82) is 0 Å². The number of rotatable bonds is 14. The normalized spacial score (nSPS) is 12.1. The first-order valence-corrected chi connectivity index (χ1v) is 15.8. The van der Waals surface area contributed by atoms with Crippen molar-refractivity contribution in [2.75, 3.05) is 23.7 Å². The highest BCUT2D eigenvalue weighted by atomic mass is 35.5. The Morgan fingerprint density at radius 2 is 1.66 bits per heavy atom. The van der Waals surface area contributed by atoms with Crippen LogP contribution in [0.1, 0.15) is 37.8 Å². The summed E-state index contributed by atoms with van der Waals surface area (Å²) >= 11 is 6.08. The SMILES string of the molecule is CC(C)CNC(=O)[C@@H](Cc1ccccc1)N(Cc1ccccc1F)C(=O)CCCN(c1cccc(Cl)c1)S(C)(=O)=O. The van der Waals surface area contributed by atoms with Gasteiger partial charge in [-0.2, -0.15) is 0 Å². The van der Waals surface area contributed by atoms with Gasteiger partial charge in [-0.05, 0) is 42.2 Å². The van der Waals surface area contributed by atoms with Gasteiger partial charge < -0.3 is 10.2 Å². The summed E-state index contributed by atoms with van der Waals surface area (Å²) in [7, 11) is -3.66. The highest BCUT2D eigenvalue weighted by Crippen LogP contribution is 2.23. The van der Waals surface area contributed by atoms with Crippen molar-refractivity contribution < 1.29 is 22.4 Å². The van der Waals surface area contributed by atoms with Crippen LogP contribution in [-0.2, 0) is 32.6 Å². The first-order valence-electron chi connectivity index (χ1n) is 13.5. The van der Waals surface area contributed by atoms with Crippen LogP contribution in [0, 0.1) is 11.7 Å². The molecule has 0 radical (unpaired) electrons. The molecule has 0 aliphatic rings. The van der Waals surface area contributed by atoms with Crippen LogP contribution in [0.25, 0.3) is 0 Å². The van der Waals surface area contributed by atoms with E-state index in [2.05, 4.69) is 5.32 Å². The maximum Gasteiger partial charge on any atom is 0.243 e. The van der Waals surface area contributed by atoms with E-state index in [1.165, 1.54) is 15.3 Å². The molecule has 0 spiro atoms. The lowest BCUT2D eigenvalue weighted by molar-refractivity contribution is -0.141. The number of nitrogens with zero attached hydrogens (tertiary/aromatic N) is 2. The molecule has 0 aliphatic heterocycles. The van der Waals surface area contributed by atoms with Gasteiger partial charge in [0.15, 0.2) is 0 Å². The number of anilines is 1. The molecule has 0 unspecified atom stereocenters. The van der Waals surface area contributed by atoms with Gasteiger partial charge in [-0.15, -0.1) is 0 Å². The highest BCUT2D eigenvalue weighted by Gasteiger charge is 2.31. The molecule has 0 aromatic heterocycles. The number of sulfonamides is 1. The third-order valence-corrected chi connectivity index (χ3v) is 7.93. The number of hydrogen-bond donors (Lipinski definition) is 1. The average molecular weight is 602 g/mol. The fourth-order valence-corrected chi connectivity index (χ4v) is 5.56. The largest absolute Gasteiger partial charge is 0.354 e. The van der Waals surface area contributed by atoms with Gasteiger partial charge in [-0.1, -0.05) is 80.0 Å². The summed E-state index contributed by atoms with van der Waals surface area (Å²) in [6.45, 7) is 4.29. The van der Waals surface area contributed by atoms with Crippen molar-refractivity contribution in [3.05, 3.63) is 101 Å². The van der Waals surface area contributed by atoms with Gasteiger partial charge in [-0.3, -0.25) is 13.9 Å². The Morgan fingerprint density at radius 1 is 0.976 bits per heavy atom. The molecule has 7 nitrogen and oxygen atoms in total. The molecule has 1 N–H and O–H groups in total. The zero-order valence-electron chi connectivity index (χ0n) is 23.6. The molecule has 3 aromatic carbocycles. The molecule has 3 rings (SSSR count). The summed E-state index contributed by atoms with van der Waals surface area (Å²) in [4.78, 5) is 28.7. The van der Waals surface area contributed by atoms with Crippen molar-refractivity contribution in [3.63, 3.8) is 0 Å². The highest BCUT2D eigenvalue weighted by molar-refractivity contribution is 7.92. The minimum Gasteiger partial charge on any atom is -0.354 e. The molecule has 41 heavy (non-hydrogen) atoms. The van der Waals surface area contributed by atoms with Crippen LogP contribution < -0.4 is 9.62 Å². The second kappa shape index (κ2) is 15.0. The van der Waals surface area contributed by atoms with E-state index in [1.807, 2.05) is 44.2 Å². The molecule has 10 heteroatoms. The summed E-state index contributed by atoms with van der Waals surface area (Å²) in [5.41, 5.74) is 1.53. The van der Waals surface area contributed by atoms with Crippen molar-refractivity contribution in [3.8, 4) is 0 Å². The molecular weight excluding hydrogens is 565 g/mol. The predicted octanol–water partition coefficient (Wildman–Crippen LogP) is 5.44. The van der Waals surface area contributed by atoms with Crippen LogP contribution in [0.15, 0.2) is 78.9 Å². The fourth-order valence-electron chi connectivity index (χ4n) is 4.42. The van der Waals surface area contributed by atoms with Gasteiger partial charge in [0.2, 0.25) is 21.8 Å². The molecule has 0 fully saturated rings. The molecule has 0 saturated heterocycles. The van der Waals surface area contributed by atoms with Gasteiger partial charge in [0, 0.05) is 43.1 Å². The monoisotopic (exact) mass is 601 g/mol. The average Bonchev–Trinajstić information content (AvgIpc) is 2.92. The zero-order valence-corrected chi connectivity index (χ0v) is 25.2. The minimum absolute atomic E-state index is 0.0291. The molecule has 3 aromatic rings. The van der Waals surface area contributed by atoms with E-state index in [0.29, 0.717) is 17.3 Å². The van der Waals surface area contributed by atoms with Crippen LogP contribution in [0.5, 0.6) is 0 Å². The summed E-state index contributed by atoms with van der Waals surface area (Å²) < 4.78 is 41.0. The Hall–Kier alpha value is -3.43. The van der Waals surface area contributed by atoms with Crippen LogP contribution in [0.3, 0.4) is 0 Å². The van der Waals surface area contributed by atoms with E-state index in [1.54, 1.807) is 42.5 Å². The maximum absolute atomic E-state index is 14.7. The van der Waals surface area contributed by atoms with Crippen molar-refractivity contribution >= 4 is 39.1 Å². The smallest absolute Gasteiger partial charge is 0.243 e. The van der Waals surface area contributed by atoms with E-state index >= 15 is 0 Å². The van der Waals surface area contributed by atoms with Crippen LogP contribution in [0.2, 0.25) is 5.02 Å². The van der Waals surface area contributed by atoms with Crippen LogP contribution in [0.4, 0.5) is 10.1 Å². The summed E-state index contributed by atoms with van der Waals surface area (Å²) in [6.07, 6.45) is 1.46. The quantitative estimate of drug-likeness (QED) is 0.267. The number of amides is 2. The summed E-state index contributed by atoms with van der Waals surface area (Å²) in [5, 5.41) is 3.32. The van der Waals surface area contributed by atoms with E-state index in [9.17, 15) is 22.4 Å². The van der Waals surface area contributed by atoms with Crippen molar-refractivity contribution in [2.24, 2.45) is 5.92 Å². The van der Waals surface area contributed by atoms with Gasteiger partial charge in [0.25, 0.3) is 0 Å². The van der Waals surface area contributed by atoms with Crippen LogP contribution in [-0.4, -0.2) is 50.5 Å². The minimum atomic E-state index is -3.66. The maximum atomic E-state index is 14.7. The standard InChI is InChI=1S/C31H37ClFN3O4S/c1-23(2)21-34-31(38)29(19-24-11-5-4-6-12-24)35(22-25-13-7-8-16-28(25)33)30(37)17-10-18-36(41(3,39)40)27-15-9-14-26(32)20-27/h4-9,11-16,20,23,29H,10,17-19,21-22H2,1-3H3,(H,34,38)/t29-/m1/s1. The molecule has 2 amide bonds. The lowest BCUT2D eigenvalue weighted by Crippen LogP contribution is -2.51. The van der Waals surface area contributed by atoms with E-state index in [4.69, 9.17) is 11.6 Å². The molecule has 0 heterocycles. The number of nitrogens with one attached hydrogen (secondary N) is 1. The number of carbonyl (C=O) groups is 2. The van der Waals surface area contributed by atoms with E-state index in [0.717, 1.165) is 11.8 Å². The third kappa shape index (κ3) is 9.86. The Labute approximate surface area is 247 Å². The molecule has 1 atom stereocenters. The lowest BCUT2D eigenvalue weighted by Gasteiger charge is -2.32. The van der Waals surface area contributed by atoms with Crippen LogP contribution >= 0.6 is 11.6 Å². The molecule has 220 valence electrons. The molecule has 0 aliphatic carbocycles. The van der Waals surface area contributed by atoms with E-state index in [-0.39, 0.29) is 55.6 Å². The third-order valence-electron chi connectivity index (χ3n) is 6.50. The first-order chi connectivity index (χ1) is 19.5. The Morgan fingerprint density at radius 3 is 2.29 bits per heavy atom. The van der Waals surface area contributed by atoms with Gasteiger partial charge >= 0.3 is 0 Å². The summed E-state index contributed by atoms with van der Waals surface area (Å²) in [5.74, 6) is -0.992. The van der Waals surface area contributed by atoms with Gasteiger partial charge in [-0.25, -0.2) is 12.8 Å². The summed E-state index contributed by atoms with van der Waals surface area (Å²) in [6, 6.07) is 21.1. The topological polar surface area (TPSA) is 86.8 Å². The lowest BCUT2D eigenvalue weighted by atomic mass is 10.0. The Bertz CT molecular complexity index is 1420. The first kappa shape index (κ1) is 32.1. The number of hydrogen-bond acceptors (Lipinski definition) is 4. The van der Waals surface area contributed by atoms with Crippen molar-refractivity contribution in [1.82, 2.24) is 10.2 Å².